The third kappa shape index (κ3) is 3.66. The average Bonchev–Trinajstić information content (AvgIpc) is 3.24. The normalized spacial score (nSPS) is 11.4. The van der Waals surface area contributed by atoms with E-state index in [1.807, 2.05) is 19.1 Å². The number of rotatable bonds is 6. The fourth-order valence-electron chi connectivity index (χ4n) is 2.18. The molecular weight excluding hydrogens is 328 g/mol. The fourth-order valence-corrected chi connectivity index (χ4v) is 2.18. The quantitative estimate of drug-likeness (QED) is 0.680. The zero-order chi connectivity index (χ0) is 17.8. The first kappa shape index (κ1) is 16.7. The van der Waals surface area contributed by atoms with Gasteiger partial charge in [-0.1, -0.05) is 12.1 Å². The summed E-state index contributed by atoms with van der Waals surface area (Å²) in [6.45, 7) is 1.80. The van der Waals surface area contributed by atoms with Gasteiger partial charge in [0.2, 0.25) is 5.82 Å². The van der Waals surface area contributed by atoms with Crippen molar-refractivity contribution in [3.05, 3.63) is 56.6 Å². The molecule has 3 heterocycles. The zero-order valence-electron chi connectivity index (χ0n) is 13.4. The van der Waals surface area contributed by atoms with Crippen molar-refractivity contribution >= 4 is 12.2 Å². The van der Waals surface area contributed by atoms with Crippen molar-refractivity contribution in [1.29, 1.82) is 0 Å². The van der Waals surface area contributed by atoms with Crippen LogP contribution in [-0.2, 0) is 13.0 Å². The second-order valence-electron chi connectivity index (χ2n) is 5.17. The third-order valence-corrected chi connectivity index (χ3v) is 3.46. The number of nitrogens with zero attached hydrogens (tertiary/aromatic N) is 3. The van der Waals surface area contributed by atoms with Crippen LogP contribution in [0.4, 0.5) is 0 Å². The number of aliphatic hydroxyl groups excluding tert-OH is 1. The van der Waals surface area contributed by atoms with Crippen LogP contribution in [0.5, 0.6) is 0 Å². The molecule has 3 aromatic rings. The van der Waals surface area contributed by atoms with Gasteiger partial charge >= 0.3 is 5.69 Å². The molecule has 0 fully saturated rings. The Morgan fingerprint density at radius 1 is 1.32 bits per heavy atom. The predicted octanol–water partition coefficient (Wildman–Crippen LogP) is 0.905. The molecule has 0 saturated carbocycles. The van der Waals surface area contributed by atoms with Crippen molar-refractivity contribution in [3.63, 3.8) is 0 Å². The van der Waals surface area contributed by atoms with Crippen LogP contribution >= 0.6 is 0 Å². The first-order valence-electron chi connectivity index (χ1n) is 7.66. The molecule has 130 valence electrons. The molecular formula is C16H16N4O5. The maximum atomic E-state index is 11.9. The molecule has 0 amide bonds. The number of hydrogen-bond acceptors (Lipinski definition) is 7. The van der Waals surface area contributed by atoms with E-state index < -0.39 is 11.2 Å². The summed E-state index contributed by atoms with van der Waals surface area (Å²) in [6, 6.07) is 3.70. The average molecular weight is 344 g/mol. The van der Waals surface area contributed by atoms with Gasteiger partial charge in [-0.3, -0.25) is 14.3 Å². The van der Waals surface area contributed by atoms with Gasteiger partial charge in [0.25, 0.3) is 11.4 Å². The van der Waals surface area contributed by atoms with E-state index in [0.717, 1.165) is 16.7 Å². The van der Waals surface area contributed by atoms with Gasteiger partial charge in [-0.15, -0.1) is 0 Å². The molecule has 9 heteroatoms. The molecule has 3 aromatic heterocycles. The third-order valence-electron chi connectivity index (χ3n) is 3.46. The monoisotopic (exact) mass is 344 g/mol. The second-order valence-corrected chi connectivity index (χ2v) is 5.17. The Morgan fingerprint density at radius 2 is 2.16 bits per heavy atom. The fraction of sp³-hybridized carbons (Fsp3) is 0.250. The highest BCUT2D eigenvalue weighted by atomic mass is 16.5. The molecule has 3 rings (SSSR count). The summed E-state index contributed by atoms with van der Waals surface area (Å²) >= 11 is 0. The van der Waals surface area contributed by atoms with E-state index in [4.69, 9.17) is 14.0 Å². The maximum absolute atomic E-state index is 11.9. The molecule has 0 unspecified atom stereocenters. The van der Waals surface area contributed by atoms with E-state index in [9.17, 15) is 9.59 Å². The highest BCUT2D eigenvalue weighted by Crippen LogP contribution is 2.14. The Balaban J connectivity index is 1.87. The number of H-pyrrole nitrogens is 1. The smallest absolute Gasteiger partial charge is 0.328 e. The van der Waals surface area contributed by atoms with Crippen LogP contribution in [0.1, 0.15) is 24.3 Å². The van der Waals surface area contributed by atoms with Crippen LogP contribution in [0, 0.1) is 0 Å². The summed E-state index contributed by atoms with van der Waals surface area (Å²) in [6.07, 6.45) is 5.32. The Bertz CT molecular complexity index is 1010. The molecule has 0 aliphatic carbocycles. The second kappa shape index (κ2) is 7.14. The number of nitrogens with one attached hydrogen (secondary N) is 1. The summed E-state index contributed by atoms with van der Waals surface area (Å²) in [5.74, 6) is 1.74. The molecule has 0 bridgehead atoms. The lowest BCUT2D eigenvalue weighted by Crippen LogP contribution is -2.31. The summed E-state index contributed by atoms with van der Waals surface area (Å²) < 4.78 is 11.8. The van der Waals surface area contributed by atoms with Gasteiger partial charge in [0.1, 0.15) is 17.1 Å². The van der Waals surface area contributed by atoms with Crippen LogP contribution < -0.4 is 11.2 Å². The van der Waals surface area contributed by atoms with E-state index in [1.54, 1.807) is 12.2 Å². The highest BCUT2D eigenvalue weighted by Gasteiger charge is 2.13. The number of aromatic nitrogens is 4. The van der Waals surface area contributed by atoms with Crippen molar-refractivity contribution in [3.8, 4) is 11.4 Å². The van der Waals surface area contributed by atoms with Crippen molar-refractivity contribution in [2.24, 2.45) is 0 Å². The minimum Gasteiger partial charge on any atom is -0.462 e. The topological polar surface area (TPSA) is 127 Å². The number of aliphatic hydroxyl groups is 1. The lowest BCUT2D eigenvalue weighted by atomic mass is 10.3. The SMILES string of the molecule is CCc1ccc(C=Cc2nc(-c3cn(CCO)c(=O)[nH]c3=O)no2)o1. The molecule has 0 radical (unpaired) electrons. The first-order chi connectivity index (χ1) is 12.1. The Morgan fingerprint density at radius 3 is 2.88 bits per heavy atom. The standard InChI is InChI=1S/C16H16N4O5/c1-2-10-3-4-11(24-10)5-6-13-17-14(19-25-13)12-9-20(7-8-21)16(23)18-15(12)22/h3-6,9,21H,2,7-8H2,1H3,(H,18,22,23). The molecule has 25 heavy (non-hydrogen) atoms. The lowest BCUT2D eigenvalue weighted by Gasteiger charge is -2.02. The zero-order valence-corrected chi connectivity index (χ0v) is 13.4. The highest BCUT2D eigenvalue weighted by molar-refractivity contribution is 5.64. The van der Waals surface area contributed by atoms with Crippen molar-refractivity contribution in [1.82, 2.24) is 19.7 Å². The van der Waals surface area contributed by atoms with Crippen LogP contribution in [0.3, 0.4) is 0 Å². The Kier molecular flexibility index (Phi) is 4.75. The summed E-state index contributed by atoms with van der Waals surface area (Å²) in [4.78, 5) is 29.8. The predicted molar refractivity (Wildman–Crippen MR) is 88.7 cm³/mol. The van der Waals surface area contributed by atoms with Crippen molar-refractivity contribution < 1.29 is 14.0 Å². The van der Waals surface area contributed by atoms with E-state index in [-0.39, 0.29) is 30.4 Å². The number of aryl methyl sites for hydroxylation is 1. The Labute approximate surface area is 141 Å². The summed E-state index contributed by atoms with van der Waals surface area (Å²) in [5.41, 5.74) is -1.17. The molecule has 0 saturated heterocycles. The minimum atomic E-state index is -0.630. The molecule has 0 spiro atoms. The molecule has 9 nitrogen and oxygen atoms in total. The molecule has 0 aromatic carbocycles. The van der Waals surface area contributed by atoms with Gasteiger partial charge in [-0.25, -0.2) is 4.79 Å². The number of furan rings is 1. The van der Waals surface area contributed by atoms with Gasteiger partial charge in [0.05, 0.1) is 13.2 Å². The summed E-state index contributed by atoms with van der Waals surface area (Å²) in [7, 11) is 0. The van der Waals surface area contributed by atoms with Gasteiger partial charge in [0, 0.05) is 18.7 Å². The first-order valence-corrected chi connectivity index (χ1v) is 7.66. The van der Waals surface area contributed by atoms with Gasteiger partial charge in [-0.05, 0) is 18.2 Å². The molecule has 0 atom stereocenters. The molecule has 2 N–H and O–H groups in total. The van der Waals surface area contributed by atoms with Gasteiger partial charge in [-0.2, -0.15) is 4.98 Å². The van der Waals surface area contributed by atoms with Crippen LogP contribution in [0.25, 0.3) is 23.5 Å². The molecule has 0 aliphatic heterocycles. The van der Waals surface area contributed by atoms with E-state index >= 15 is 0 Å². The van der Waals surface area contributed by atoms with E-state index in [2.05, 4.69) is 15.1 Å². The minimum absolute atomic E-state index is 0.0429. The number of hydrogen-bond donors (Lipinski definition) is 2. The van der Waals surface area contributed by atoms with E-state index in [1.165, 1.54) is 6.20 Å². The van der Waals surface area contributed by atoms with Crippen LogP contribution in [-0.4, -0.2) is 31.4 Å². The maximum Gasteiger partial charge on any atom is 0.328 e. The van der Waals surface area contributed by atoms with Gasteiger partial charge in [0.15, 0.2) is 0 Å². The largest absolute Gasteiger partial charge is 0.462 e. The van der Waals surface area contributed by atoms with E-state index in [0.29, 0.717) is 5.76 Å². The lowest BCUT2D eigenvalue weighted by molar-refractivity contribution is 0.273. The van der Waals surface area contributed by atoms with Crippen molar-refractivity contribution in [2.45, 2.75) is 19.9 Å². The molecule has 0 aliphatic rings. The van der Waals surface area contributed by atoms with Crippen LogP contribution in [0.2, 0.25) is 0 Å². The Hall–Kier alpha value is -3.20. The number of aromatic amines is 1. The van der Waals surface area contributed by atoms with Crippen LogP contribution in [0.15, 0.2) is 36.9 Å². The van der Waals surface area contributed by atoms with Crippen molar-refractivity contribution in [2.75, 3.05) is 6.61 Å². The summed E-state index contributed by atoms with van der Waals surface area (Å²) in [5, 5.41) is 12.7. The van der Waals surface area contributed by atoms with Gasteiger partial charge < -0.3 is 14.0 Å².